The Hall–Kier alpha value is -1.50. The molecule has 0 aliphatic carbocycles. The van der Waals surface area contributed by atoms with Crippen LogP contribution in [-0.2, 0) is 14.6 Å². The summed E-state index contributed by atoms with van der Waals surface area (Å²) in [5.41, 5.74) is 1.72. The van der Waals surface area contributed by atoms with Crippen LogP contribution in [-0.4, -0.2) is 20.0 Å². The van der Waals surface area contributed by atoms with Crippen LogP contribution in [0.25, 0.3) is 12.2 Å². The van der Waals surface area contributed by atoms with Crippen LogP contribution in [0.3, 0.4) is 0 Å². The number of rotatable bonds is 6. The first-order valence-corrected chi connectivity index (χ1v) is 9.31. The van der Waals surface area contributed by atoms with Crippen molar-refractivity contribution in [3.63, 3.8) is 0 Å². The quantitative estimate of drug-likeness (QED) is 0.764. The van der Waals surface area contributed by atoms with Gasteiger partial charge < -0.3 is 0 Å². The van der Waals surface area contributed by atoms with Crippen molar-refractivity contribution in [1.29, 1.82) is 0 Å². The first kappa shape index (κ1) is 14.9. The van der Waals surface area contributed by atoms with Gasteiger partial charge in [0.2, 0.25) is 0 Å². The number of hydrogen-bond donors (Lipinski definition) is 0. The number of carbonyl (C=O) groups is 1. The second-order valence-electron chi connectivity index (χ2n) is 4.02. The summed E-state index contributed by atoms with van der Waals surface area (Å²) in [7, 11) is -3.52. The van der Waals surface area contributed by atoms with Gasteiger partial charge >= 0.3 is 0 Å². The van der Waals surface area contributed by atoms with Crippen LogP contribution in [0, 0.1) is 0 Å². The zero-order valence-corrected chi connectivity index (χ0v) is 12.9. The number of sulfone groups is 1. The van der Waals surface area contributed by atoms with E-state index in [4.69, 9.17) is 0 Å². The topological polar surface area (TPSA) is 51.2 Å². The number of hydrogen-bond acceptors (Lipinski definition) is 5. The highest BCUT2D eigenvalue weighted by molar-refractivity contribution is 7.95. The monoisotopic (exact) mass is 324 g/mol. The SMILES string of the molecule is O=C(C=Cc1ccsc1)CS(=O)(=O)C=Cc1ccsc1. The third-order valence-electron chi connectivity index (χ3n) is 2.36. The van der Waals surface area contributed by atoms with Gasteiger partial charge in [-0.15, -0.1) is 0 Å². The predicted octanol–water partition coefficient (Wildman–Crippen LogP) is 3.48. The Morgan fingerprint density at radius 3 is 2.20 bits per heavy atom. The van der Waals surface area contributed by atoms with Crippen LogP contribution < -0.4 is 0 Å². The van der Waals surface area contributed by atoms with E-state index in [9.17, 15) is 13.2 Å². The fraction of sp³-hybridized carbons (Fsp3) is 0.0714. The van der Waals surface area contributed by atoms with Gasteiger partial charge in [0.15, 0.2) is 15.6 Å². The van der Waals surface area contributed by atoms with Crippen molar-refractivity contribution >= 4 is 50.4 Å². The van der Waals surface area contributed by atoms with Gasteiger partial charge in [-0.2, -0.15) is 22.7 Å². The van der Waals surface area contributed by atoms with Gasteiger partial charge in [0.1, 0.15) is 5.75 Å². The largest absolute Gasteiger partial charge is 0.294 e. The van der Waals surface area contributed by atoms with E-state index in [1.165, 1.54) is 34.8 Å². The summed E-state index contributed by atoms with van der Waals surface area (Å²) in [6.07, 6.45) is 4.43. The van der Waals surface area contributed by atoms with Crippen molar-refractivity contribution in [2.45, 2.75) is 0 Å². The Morgan fingerprint density at radius 2 is 1.65 bits per heavy atom. The standard InChI is InChI=1S/C14H12O3S3/c15-14(2-1-12-3-6-18-9-12)11-20(16,17)8-5-13-4-7-19-10-13/h1-10H,11H2. The highest BCUT2D eigenvalue weighted by Gasteiger charge is 2.11. The van der Waals surface area contributed by atoms with E-state index in [-0.39, 0.29) is 0 Å². The summed E-state index contributed by atoms with van der Waals surface area (Å²) in [5.74, 6) is -0.931. The van der Waals surface area contributed by atoms with E-state index in [0.29, 0.717) is 0 Å². The Labute approximate surface area is 125 Å². The average Bonchev–Trinajstić information content (AvgIpc) is 3.07. The van der Waals surface area contributed by atoms with Gasteiger partial charge in [0.05, 0.1) is 0 Å². The lowest BCUT2D eigenvalue weighted by Crippen LogP contribution is -2.11. The molecular formula is C14H12O3S3. The minimum absolute atomic E-state index is 0.425. The molecule has 104 valence electrons. The van der Waals surface area contributed by atoms with E-state index in [1.54, 1.807) is 6.08 Å². The molecule has 20 heavy (non-hydrogen) atoms. The summed E-state index contributed by atoms with van der Waals surface area (Å²) >= 11 is 3.01. The van der Waals surface area contributed by atoms with Crippen LogP contribution in [0.4, 0.5) is 0 Å². The van der Waals surface area contributed by atoms with Crippen LogP contribution in [0.5, 0.6) is 0 Å². The lowest BCUT2D eigenvalue weighted by atomic mass is 10.3. The van der Waals surface area contributed by atoms with Gasteiger partial charge in [0.25, 0.3) is 0 Å². The van der Waals surface area contributed by atoms with Gasteiger partial charge in [-0.25, -0.2) is 8.42 Å². The maximum Gasteiger partial charge on any atom is 0.179 e. The molecule has 3 nitrogen and oxygen atoms in total. The van der Waals surface area contributed by atoms with Crippen LogP contribution in [0.1, 0.15) is 11.1 Å². The molecule has 0 saturated heterocycles. The maximum atomic E-state index is 11.8. The third kappa shape index (κ3) is 4.88. The van der Waals surface area contributed by atoms with Gasteiger partial charge in [-0.05, 0) is 56.9 Å². The maximum absolute atomic E-state index is 11.8. The van der Waals surface area contributed by atoms with E-state index in [2.05, 4.69) is 0 Å². The highest BCUT2D eigenvalue weighted by atomic mass is 32.2. The zero-order valence-electron chi connectivity index (χ0n) is 10.4. The van der Waals surface area contributed by atoms with Crippen LogP contribution in [0.15, 0.2) is 45.1 Å². The molecule has 0 amide bonds. The van der Waals surface area contributed by atoms with E-state index in [1.807, 2.05) is 33.7 Å². The summed E-state index contributed by atoms with van der Waals surface area (Å²) in [4.78, 5) is 11.6. The highest BCUT2D eigenvalue weighted by Crippen LogP contribution is 2.10. The van der Waals surface area contributed by atoms with Crippen molar-refractivity contribution < 1.29 is 13.2 Å². The predicted molar refractivity (Wildman–Crippen MR) is 85.5 cm³/mol. The van der Waals surface area contributed by atoms with E-state index < -0.39 is 21.4 Å². The molecule has 6 heteroatoms. The minimum atomic E-state index is -3.52. The van der Waals surface area contributed by atoms with Gasteiger partial charge in [-0.3, -0.25) is 4.79 Å². The number of allylic oxidation sites excluding steroid dienone is 1. The molecule has 0 fully saturated rings. The van der Waals surface area contributed by atoms with Crippen molar-refractivity contribution in [3.8, 4) is 0 Å². The summed E-state index contributed by atoms with van der Waals surface area (Å²) in [5, 5.41) is 8.57. The molecule has 0 aromatic carbocycles. The summed E-state index contributed by atoms with van der Waals surface area (Å²) in [6.45, 7) is 0. The molecule has 2 heterocycles. The summed E-state index contributed by atoms with van der Waals surface area (Å²) < 4.78 is 23.5. The molecule has 0 atom stereocenters. The first-order valence-electron chi connectivity index (χ1n) is 5.71. The Bertz CT molecular complexity index is 706. The second kappa shape index (κ2) is 6.78. The zero-order chi connectivity index (χ0) is 14.4. The van der Waals surface area contributed by atoms with Crippen molar-refractivity contribution in [1.82, 2.24) is 0 Å². The molecule has 2 aromatic heterocycles. The van der Waals surface area contributed by atoms with Crippen molar-refractivity contribution in [3.05, 3.63) is 56.3 Å². The normalized spacial score (nSPS) is 12.4. The first-order chi connectivity index (χ1) is 9.55. The lowest BCUT2D eigenvalue weighted by Gasteiger charge is -1.94. The van der Waals surface area contributed by atoms with Crippen LogP contribution >= 0.6 is 22.7 Å². The van der Waals surface area contributed by atoms with Gasteiger partial charge in [0, 0.05) is 5.41 Å². The second-order valence-corrected chi connectivity index (χ2v) is 7.47. The third-order valence-corrected chi connectivity index (χ3v) is 5.00. The number of ketones is 1. The van der Waals surface area contributed by atoms with E-state index >= 15 is 0 Å². The molecule has 0 N–H and O–H groups in total. The molecule has 0 unspecified atom stereocenters. The average molecular weight is 324 g/mol. The van der Waals surface area contributed by atoms with Gasteiger partial charge in [-0.1, -0.05) is 6.08 Å². The molecule has 0 aliphatic rings. The van der Waals surface area contributed by atoms with E-state index in [0.717, 1.165) is 16.5 Å². The fourth-order valence-corrected chi connectivity index (χ4v) is 3.62. The Kier molecular flexibility index (Phi) is 5.05. The molecule has 0 saturated carbocycles. The molecule has 2 rings (SSSR count). The Balaban J connectivity index is 1.96. The number of thiophene rings is 2. The number of carbonyl (C=O) groups excluding carboxylic acids is 1. The molecule has 0 spiro atoms. The van der Waals surface area contributed by atoms with Crippen molar-refractivity contribution in [2.24, 2.45) is 0 Å². The summed E-state index contributed by atoms with van der Waals surface area (Å²) in [6, 6.07) is 3.67. The molecule has 2 aromatic rings. The minimum Gasteiger partial charge on any atom is -0.294 e. The molecule has 0 radical (unpaired) electrons. The molecule has 0 aliphatic heterocycles. The molecular weight excluding hydrogens is 312 g/mol. The molecule has 0 bridgehead atoms. The Morgan fingerprint density at radius 1 is 1.05 bits per heavy atom. The fourth-order valence-electron chi connectivity index (χ4n) is 1.41. The smallest absolute Gasteiger partial charge is 0.179 e. The lowest BCUT2D eigenvalue weighted by molar-refractivity contribution is -0.112. The van der Waals surface area contributed by atoms with Crippen LogP contribution in [0.2, 0.25) is 0 Å². The van der Waals surface area contributed by atoms with Crippen molar-refractivity contribution in [2.75, 3.05) is 5.75 Å².